The number of urea groups is 1. The van der Waals surface area contributed by atoms with Gasteiger partial charge >= 0.3 is 35.7 Å². The number of nitrogens with zero attached hydrogens (tertiary/aromatic N) is 6. The molecule has 0 aliphatic carbocycles. The monoisotopic (exact) mass is 509 g/mol. The number of hydrogen-bond donors (Lipinski definition) is 1. The van der Waals surface area contributed by atoms with Crippen molar-refractivity contribution in [3.05, 3.63) is 17.2 Å². The molecule has 186 valence electrons. The summed E-state index contributed by atoms with van der Waals surface area (Å²) in [4.78, 5) is 27.8. The third-order valence-electron chi connectivity index (χ3n) is 5.74. The van der Waals surface area contributed by atoms with Crippen molar-refractivity contribution < 1.29 is 61.4 Å². The van der Waals surface area contributed by atoms with Crippen LogP contribution in [0.4, 0.5) is 9.59 Å². The molecule has 2 atom stereocenters. The standard InChI is InChI=1S/C19H30N6O3.Na.H2O4S/c1-19(2,3)28-18(27)23-8-6-13(7-9-23)16-12-24(22-21-16)11-15-5-4-14-10-25(15)17(26)20-14;;1-5(2,3)4/h12-15H,4-11H2,1-3H3,(H,20,26);;(H2,1,2,3,4)/q;+1;/p-2/t14-,15+;;/m1../s1. The van der Waals surface area contributed by atoms with Gasteiger partial charge in [0.2, 0.25) is 10.4 Å². The van der Waals surface area contributed by atoms with Crippen molar-refractivity contribution in [3.8, 4) is 0 Å². The molecule has 0 unspecified atom stereocenters. The average molecular weight is 510 g/mol. The molecule has 1 aromatic heterocycles. The van der Waals surface area contributed by atoms with Gasteiger partial charge in [-0.25, -0.2) is 13.2 Å². The van der Waals surface area contributed by atoms with Crippen molar-refractivity contribution >= 4 is 22.5 Å². The summed E-state index contributed by atoms with van der Waals surface area (Å²) in [5.41, 5.74) is 0.495. The molecule has 0 saturated carbocycles. The van der Waals surface area contributed by atoms with E-state index in [-0.39, 0.29) is 53.8 Å². The molecule has 0 spiro atoms. The van der Waals surface area contributed by atoms with Gasteiger partial charge in [-0.3, -0.25) is 14.0 Å². The summed E-state index contributed by atoms with van der Waals surface area (Å²) in [6.45, 7) is 8.39. The van der Waals surface area contributed by atoms with Crippen LogP contribution in [0.1, 0.15) is 58.1 Å². The largest absolute Gasteiger partial charge is 1.00 e. The number of ether oxygens (including phenoxy) is 1. The van der Waals surface area contributed by atoms with Crippen molar-refractivity contribution in [1.29, 1.82) is 0 Å². The van der Waals surface area contributed by atoms with Crippen LogP contribution in [0.5, 0.6) is 0 Å². The summed E-state index contributed by atoms with van der Waals surface area (Å²) in [5.74, 6) is 0.298. The molecule has 15 heteroatoms. The van der Waals surface area contributed by atoms with Crippen LogP contribution in [0.3, 0.4) is 0 Å². The van der Waals surface area contributed by atoms with Crippen LogP contribution in [0.25, 0.3) is 5.32 Å². The molecule has 3 aliphatic heterocycles. The molecular weight excluding hydrogens is 479 g/mol. The van der Waals surface area contributed by atoms with Gasteiger partial charge in [-0.15, -0.1) is 5.10 Å². The average Bonchev–Trinajstić information content (AvgIpc) is 3.26. The zero-order valence-corrected chi connectivity index (χ0v) is 22.8. The van der Waals surface area contributed by atoms with Gasteiger partial charge < -0.3 is 24.4 Å². The molecule has 3 amide bonds. The summed E-state index contributed by atoms with van der Waals surface area (Å²) < 4.78 is 40.1. The quantitative estimate of drug-likeness (QED) is 0.296. The summed E-state index contributed by atoms with van der Waals surface area (Å²) in [6, 6.07) is 0.256. The number of fused-ring (bicyclic) bond motifs is 2. The number of likely N-dealkylation sites (tertiary alicyclic amines) is 1. The molecule has 4 heterocycles. The van der Waals surface area contributed by atoms with Gasteiger partial charge in [0.25, 0.3) is 0 Å². The number of carbonyl (C=O) groups is 2. The van der Waals surface area contributed by atoms with E-state index in [0.717, 1.165) is 37.9 Å². The first-order valence-electron chi connectivity index (χ1n) is 10.9. The Morgan fingerprint density at radius 3 is 2.47 bits per heavy atom. The molecule has 3 fully saturated rings. The Kier molecular flexibility index (Phi) is 9.76. The van der Waals surface area contributed by atoms with Crippen molar-refractivity contribution in [3.63, 3.8) is 0 Å². The van der Waals surface area contributed by atoms with Crippen molar-refractivity contribution in [2.24, 2.45) is 0 Å². The molecule has 4 rings (SSSR count). The van der Waals surface area contributed by atoms with E-state index in [0.29, 0.717) is 25.6 Å². The Morgan fingerprint density at radius 2 is 1.88 bits per heavy atom. The summed E-state index contributed by atoms with van der Waals surface area (Å²) >= 11 is 0. The van der Waals surface area contributed by atoms with Crippen molar-refractivity contribution in [2.75, 3.05) is 19.6 Å². The third-order valence-corrected chi connectivity index (χ3v) is 5.74. The zero-order valence-electron chi connectivity index (χ0n) is 20.0. The summed E-state index contributed by atoms with van der Waals surface area (Å²) in [6.07, 6.45) is 5.39. The molecule has 3 saturated heterocycles. The second-order valence-corrected chi connectivity index (χ2v) is 10.3. The van der Waals surface area contributed by atoms with Gasteiger partial charge in [-0.1, -0.05) is 11.6 Å². The van der Waals surface area contributed by atoms with Crippen LogP contribution in [-0.2, 0) is 21.7 Å². The van der Waals surface area contributed by atoms with E-state index < -0.39 is 16.0 Å². The summed E-state index contributed by atoms with van der Waals surface area (Å²) in [7, 11) is -4.92. The second kappa shape index (κ2) is 11.5. The Labute approximate surface area is 221 Å². The van der Waals surface area contributed by atoms with E-state index in [1.165, 1.54) is 0 Å². The molecule has 0 aromatic carbocycles. The number of carbonyl (C=O) groups excluding carboxylic acids is 2. The van der Waals surface area contributed by atoms with Crippen LogP contribution in [-0.4, -0.2) is 91.8 Å². The van der Waals surface area contributed by atoms with E-state index in [4.69, 9.17) is 22.3 Å². The predicted octanol–water partition coefficient (Wildman–Crippen LogP) is -1.26. The van der Waals surface area contributed by atoms with Gasteiger partial charge in [-0.2, -0.15) is 0 Å². The van der Waals surface area contributed by atoms with Crippen LogP contribution in [0, 0.1) is 0 Å². The molecule has 3 aliphatic rings. The zero-order chi connectivity index (χ0) is 24.4. The third kappa shape index (κ3) is 8.64. The normalized spacial score (nSPS) is 22.9. The SMILES string of the molecule is CC(C)(C)OC(=O)N1CCC(c2cn(C[C@@H]3CC[C@@H]4CN3C(=O)[N-]4)nn2)CC1.O=S(=O)([O-])O.[Na+]. The Hall–Kier alpha value is -1.45. The Bertz CT molecular complexity index is 951. The Balaban J connectivity index is 0.000000619. The maximum absolute atomic E-state index is 12.2. The predicted molar refractivity (Wildman–Crippen MR) is 114 cm³/mol. The van der Waals surface area contributed by atoms with Gasteiger partial charge in [0.1, 0.15) is 5.60 Å². The fourth-order valence-corrected chi connectivity index (χ4v) is 4.26. The number of amides is 3. The van der Waals surface area contributed by atoms with Gasteiger partial charge in [0.05, 0.1) is 5.69 Å². The number of aromatic nitrogens is 3. The number of rotatable bonds is 3. The minimum absolute atomic E-state index is 0. The molecule has 34 heavy (non-hydrogen) atoms. The molecule has 2 bridgehead atoms. The van der Waals surface area contributed by atoms with Gasteiger partial charge in [0, 0.05) is 31.7 Å². The Morgan fingerprint density at radius 1 is 1.26 bits per heavy atom. The maximum Gasteiger partial charge on any atom is 1.00 e. The molecule has 1 aromatic rings. The topological polar surface area (TPSA) is 172 Å². The first-order chi connectivity index (χ1) is 15.3. The molecule has 0 radical (unpaired) electrons. The van der Waals surface area contributed by atoms with E-state index >= 15 is 0 Å². The molecular formula is C19H30N6NaO7S-. The maximum atomic E-state index is 12.2. The minimum Gasteiger partial charge on any atom is -0.726 e. The first-order valence-corrected chi connectivity index (χ1v) is 12.2. The number of piperidine rings is 2. The fraction of sp³-hybridized carbons (Fsp3) is 0.789. The minimum atomic E-state index is -4.92. The molecule has 13 nitrogen and oxygen atoms in total. The van der Waals surface area contributed by atoms with Crippen molar-refractivity contribution in [2.45, 2.75) is 76.6 Å². The van der Waals surface area contributed by atoms with E-state index in [2.05, 4.69) is 15.6 Å². The van der Waals surface area contributed by atoms with Gasteiger partial charge in [-0.05, 0) is 58.7 Å². The smallest absolute Gasteiger partial charge is 0.726 e. The van der Waals surface area contributed by atoms with E-state index in [1.807, 2.05) is 36.5 Å². The van der Waals surface area contributed by atoms with Crippen molar-refractivity contribution in [1.82, 2.24) is 24.8 Å². The van der Waals surface area contributed by atoms with Crippen LogP contribution < -0.4 is 29.6 Å². The first kappa shape index (κ1) is 28.8. The van der Waals surface area contributed by atoms with Crippen LogP contribution in [0.15, 0.2) is 6.20 Å². The summed E-state index contributed by atoms with van der Waals surface area (Å²) in [5, 5.41) is 12.8. The van der Waals surface area contributed by atoms with Crippen LogP contribution in [0.2, 0.25) is 0 Å². The van der Waals surface area contributed by atoms with E-state index in [9.17, 15) is 9.59 Å². The van der Waals surface area contributed by atoms with Gasteiger partial charge in [0.15, 0.2) is 6.03 Å². The van der Waals surface area contributed by atoms with Crippen LogP contribution >= 0.6 is 0 Å². The second-order valence-electron chi connectivity index (χ2n) is 9.48. The fourth-order valence-electron chi connectivity index (χ4n) is 4.26. The molecule has 1 N–H and O–H groups in total. The van der Waals surface area contributed by atoms with E-state index in [1.54, 1.807) is 4.90 Å². The number of hydrogen-bond acceptors (Lipinski definition) is 8.